The van der Waals surface area contributed by atoms with Crippen LogP contribution in [0.25, 0.3) is 11.1 Å². The lowest BCUT2D eigenvalue weighted by atomic mass is 10.0. The molecule has 0 fully saturated rings. The molecule has 1 aromatic heterocycles. The molecule has 0 bridgehead atoms. The van der Waals surface area contributed by atoms with Crippen LogP contribution in [0.15, 0.2) is 57.9 Å². The first-order valence-corrected chi connectivity index (χ1v) is 9.55. The van der Waals surface area contributed by atoms with Gasteiger partial charge in [-0.05, 0) is 37.6 Å². The zero-order valence-electron chi connectivity index (χ0n) is 14.8. The molecular weight excluding hydrogens is 352 g/mol. The Labute approximate surface area is 152 Å². The fourth-order valence-electron chi connectivity index (χ4n) is 2.80. The number of nitrogens with one attached hydrogen (secondary N) is 1. The quantitative estimate of drug-likeness (QED) is 0.717. The first kappa shape index (κ1) is 18.2. The van der Waals surface area contributed by atoms with Gasteiger partial charge in [-0.3, -0.25) is 0 Å². The molecule has 0 amide bonds. The lowest BCUT2D eigenvalue weighted by Gasteiger charge is -2.10. The minimum absolute atomic E-state index is 0.151. The van der Waals surface area contributed by atoms with E-state index in [1.54, 1.807) is 37.4 Å². The van der Waals surface area contributed by atoms with Gasteiger partial charge in [0, 0.05) is 17.7 Å². The zero-order chi connectivity index (χ0) is 18.7. The molecule has 0 saturated carbocycles. The van der Waals surface area contributed by atoms with Gasteiger partial charge < -0.3 is 9.26 Å². The highest BCUT2D eigenvalue weighted by Gasteiger charge is 2.16. The molecule has 136 valence electrons. The van der Waals surface area contributed by atoms with E-state index in [0.717, 1.165) is 22.4 Å². The van der Waals surface area contributed by atoms with Crippen LogP contribution in [0.1, 0.15) is 17.0 Å². The van der Waals surface area contributed by atoms with Crippen LogP contribution in [0.3, 0.4) is 0 Å². The van der Waals surface area contributed by atoms with Crippen molar-refractivity contribution in [2.75, 3.05) is 7.11 Å². The van der Waals surface area contributed by atoms with E-state index in [-0.39, 0.29) is 11.4 Å². The second kappa shape index (κ2) is 7.31. The SMILES string of the molecule is COc1ccccc1CNS(=O)(=O)c1ccc(-c2c(C)noc2C)cc1. The summed E-state index contributed by atoms with van der Waals surface area (Å²) in [5.74, 6) is 1.34. The molecule has 0 saturated heterocycles. The topological polar surface area (TPSA) is 81.4 Å². The first-order valence-electron chi connectivity index (χ1n) is 8.07. The van der Waals surface area contributed by atoms with Crippen molar-refractivity contribution in [2.24, 2.45) is 0 Å². The summed E-state index contributed by atoms with van der Waals surface area (Å²) in [4.78, 5) is 0.197. The Bertz CT molecular complexity index is 989. The Balaban J connectivity index is 1.80. The third-order valence-corrected chi connectivity index (χ3v) is 5.55. The van der Waals surface area contributed by atoms with E-state index in [1.807, 2.05) is 32.0 Å². The van der Waals surface area contributed by atoms with Crippen molar-refractivity contribution < 1.29 is 17.7 Å². The second-order valence-electron chi connectivity index (χ2n) is 5.86. The maximum atomic E-state index is 12.6. The van der Waals surface area contributed by atoms with E-state index in [4.69, 9.17) is 9.26 Å². The molecule has 0 radical (unpaired) electrons. The lowest BCUT2D eigenvalue weighted by Crippen LogP contribution is -2.23. The number of rotatable bonds is 6. The lowest BCUT2D eigenvalue weighted by molar-refractivity contribution is 0.393. The van der Waals surface area contributed by atoms with Crippen LogP contribution in [0, 0.1) is 13.8 Å². The van der Waals surface area contributed by atoms with Crippen molar-refractivity contribution in [1.29, 1.82) is 0 Å². The van der Waals surface area contributed by atoms with Gasteiger partial charge in [0.15, 0.2) is 0 Å². The summed E-state index contributed by atoms with van der Waals surface area (Å²) in [6, 6.07) is 13.9. The Morgan fingerprint density at radius 1 is 1.08 bits per heavy atom. The molecule has 7 heteroatoms. The predicted molar refractivity (Wildman–Crippen MR) is 98.4 cm³/mol. The smallest absolute Gasteiger partial charge is 0.240 e. The van der Waals surface area contributed by atoms with E-state index in [9.17, 15) is 8.42 Å². The Kier molecular flexibility index (Phi) is 5.11. The van der Waals surface area contributed by atoms with Gasteiger partial charge in [-0.15, -0.1) is 0 Å². The molecule has 0 spiro atoms. The molecule has 0 atom stereocenters. The van der Waals surface area contributed by atoms with Crippen molar-refractivity contribution in [2.45, 2.75) is 25.3 Å². The largest absolute Gasteiger partial charge is 0.496 e. The molecule has 0 aliphatic carbocycles. The number of hydrogen-bond acceptors (Lipinski definition) is 5. The minimum atomic E-state index is -3.63. The van der Waals surface area contributed by atoms with Gasteiger partial charge in [-0.1, -0.05) is 35.5 Å². The summed E-state index contributed by atoms with van der Waals surface area (Å²) in [6.07, 6.45) is 0. The monoisotopic (exact) mass is 372 g/mol. The number of hydrogen-bond donors (Lipinski definition) is 1. The zero-order valence-corrected chi connectivity index (χ0v) is 15.6. The van der Waals surface area contributed by atoms with Crippen LogP contribution >= 0.6 is 0 Å². The molecule has 2 aromatic carbocycles. The number of benzene rings is 2. The minimum Gasteiger partial charge on any atom is -0.496 e. The molecule has 1 heterocycles. The Morgan fingerprint density at radius 2 is 1.77 bits per heavy atom. The van der Waals surface area contributed by atoms with E-state index in [0.29, 0.717) is 11.5 Å². The number of aryl methyl sites for hydroxylation is 2. The van der Waals surface area contributed by atoms with Crippen LogP contribution in [-0.4, -0.2) is 20.7 Å². The van der Waals surface area contributed by atoms with Gasteiger partial charge in [-0.2, -0.15) is 0 Å². The normalized spacial score (nSPS) is 11.5. The van der Waals surface area contributed by atoms with Crippen molar-refractivity contribution in [3.63, 3.8) is 0 Å². The molecule has 6 nitrogen and oxygen atoms in total. The van der Waals surface area contributed by atoms with Crippen molar-refractivity contribution >= 4 is 10.0 Å². The summed E-state index contributed by atoms with van der Waals surface area (Å²) in [5, 5.41) is 3.93. The number of sulfonamides is 1. The van der Waals surface area contributed by atoms with Crippen LogP contribution < -0.4 is 9.46 Å². The second-order valence-corrected chi connectivity index (χ2v) is 7.63. The summed E-state index contributed by atoms with van der Waals surface area (Å²) in [6.45, 7) is 3.83. The summed E-state index contributed by atoms with van der Waals surface area (Å²) < 4.78 is 38.1. The van der Waals surface area contributed by atoms with Gasteiger partial charge in [0.25, 0.3) is 0 Å². The molecule has 26 heavy (non-hydrogen) atoms. The molecule has 0 aliphatic heterocycles. The van der Waals surface area contributed by atoms with Crippen LogP contribution in [0.2, 0.25) is 0 Å². The van der Waals surface area contributed by atoms with Gasteiger partial charge in [0.2, 0.25) is 10.0 Å². The number of methoxy groups -OCH3 is 1. The van der Waals surface area contributed by atoms with Crippen LogP contribution in [0.5, 0.6) is 5.75 Å². The molecule has 3 rings (SSSR count). The van der Waals surface area contributed by atoms with E-state index in [2.05, 4.69) is 9.88 Å². The third-order valence-electron chi connectivity index (χ3n) is 4.13. The first-order chi connectivity index (χ1) is 12.4. The number of para-hydroxylation sites is 1. The van der Waals surface area contributed by atoms with Gasteiger partial charge >= 0.3 is 0 Å². The fraction of sp³-hybridized carbons (Fsp3) is 0.211. The van der Waals surface area contributed by atoms with Crippen molar-refractivity contribution in [3.8, 4) is 16.9 Å². The fourth-order valence-corrected chi connectivity index (χ4v) is 3.81. The Morgan fingerprint density at radius 3 is 2.38 bits per heavy atom. The average molecular weight is 372 g/mol. The van der Waals surface area contributed by atoms with Crippen molar-refractivity contribution in [3.05, 3.63) is 65.5 Å². The highest BCUT2D eigenvalue weighted by Crippen LogP contribution is 2.27. The number of ether oxygens (including phenoxy) is 1. The maximum absolute atomic E-state index is 12.6. The standard InChI is InChI=1S/C19H20N2O4S/c1-13-19(14(2)25-21-13)15-8-10-17(11-9-15)26(22,23)20-12-16-6-4-5-7-18(16)24-3/h4-11,20H,12H2,1-3H3. The van der Waals surface area contributed by atoms with E-state index >= 15 is 0 Å². The third kappa shape index (κ3) is 3.63. The van der Waals surface area contributed by atoms with Gasteiger partial charge in [-0.25, -0.2) is 13.1 Å². The van der Waals surface area contributed by atoms with Gasteiger partial charge in [0.1, 0.15) is 11.5 Å². The van der Waals surface area contributed by atoms with Crippen molar-refractivity contribution in [1.82, 2.24) is 9.88 Å². The van der Waals surface area contributed by atoms with Crippen LogP contribution in [-0.2, 0) is 16.6 Å². The molecule has 1 N–H and O–H groups in total. The maximum Gasteiger partial charge on any atom is 0.240 e. The molecule has 3 aromatic rings. The predicted octanol–water partition coefficient (Wildman–Crippen LogP) is 3.45. The van der Waals surface area contributed by atoms with E-state index < -0.39 is 10.0 Å². The van der Waals surface area contributed by atoms with Gasteiger partial charge in [0.05, 0.1) is 17.7 Å². The molecular formula is C19H20N2O4S. The molecule has 0 aliphatic rings. The van der Waals surface area contributed by atoms with E-state index in [1.165, 1.54) is 0 Å². The highest BCUT2D eigenvalue weighted by atomic mass is 32.2. The summed E-state index contributed by atoms with van der Waals surface area (Å²) in [5.41, 5.74) is 3.29. The van der Waals surface area contributed by atoms with Crippen LogP contribution in [0.4, 0.5) is 0 Å². The highest BCUT2D eigenvalue weighted by molar-refractivity contribution is 7.89. The number of nitrogens with zero attached hydrogens (tertiary/aromatic N) is 1. The number of aromatic nitrogens is 1. The Hall–Kier alpha value is -2.64. The summed E-state index contributed by atoms with van der Waals surface area (Å²) in [7, 11) is -2.08. The average Bonchev–Trinajstić information content (AvgIpc) is 2.99. The molecule has 0 unspecified atom stereocenters. The summed E-state index contributed by atoms with van der Waals surface area (Å²) >= 11 is 0.